The first-order chi connectivity index (χ1) is 8.06. The topological polar surface area (TPSA) is 0 Å². The van der Waals surface area contributed by atoms with Crippen molar-refractivity contribution in [3.8, 4) is 0 Å². The molecular weight excluding hydrogens is 431 g/mol. The molecule has 0 fully saturated rings. The van der Waals surface area contributed by atoms with Gasteiger partial charge in [0, 0.05) is 20.2 Å². The summed E-state index contributed by atoms with van der Waals surface area (Å²) in [7, 11) is 0. The second-order valence-corrected chi connectivity index (χ2v) is 6.87. The largest absolute Gasteiger partial charge is 0.0922 e. The Morgan fingerprint density at radius 1 is 1.24 bits per heavy atom. The Balaban J connectivity index is 2.92. The molecule has 0 saturated carbocycles. The molecule has 96 valence electrons. The molecule has 0 atom stereocenters. The van der Waals surface area contributed by atoms with E-state index in [4.69, 9.17) is 11.6 Å². The van der Waals surface area contributed by atoms with Crippen LogP contribution in [0.1, 0.15) is 25.3 Å². The number of alkyl halides is 2. The smallest absolute Gasteiger partial charge is 0.0449 e. The fraction of sp³-hybridized carbons (Fsp3) is 0.538. The Bertz CT molecular complexity index is 362. The van der Waals surface area contributed by atoms with Crippen molar-refractivity contribution in [2.45, 2.75) is 26.2 Å². The quantitative estimate of drug-likeness (QED) is 0.454. The summed E-state index contributed by atoms with van der Waals surface area (Å²) < 4.78 is 1.03. The third-order valence-corrected chi connectivity index (χ3v) is 6.15. The average Bonchev–Trinajstić information content (AvgIpc) is 2.32. The van der Waals surface area contributed by atoms with E-state index in [0.29, 0.717) is 0 Å². The molecule has 17 heavy (non-hydrogen) atoms. The van der Waals surface area contributed by atoms with Crippen LogP contribution in [-0.2, 0) is 6.42 Å². The molecule has 1 aromatic carbocycles. The van der Waals surface area contributed by atoms with Gasteiger partial charge in [-0.15, -0.1) is 0 Å². The predicted molar refractivity (Wildman–Crippen MR) is 87.8 cm³/mol. The van der Waals surface area contributed by atoms with Crippen LogP contribution in [0.4, 0.5) is 0 Å². The number of benzene rings is 1. The molecule has 1 rings (SSSR count). The van der Waals surface area contributed by atoms with Crippen molar-refractivity contribution >= 4 is 59.4 Å². The third kappa shape index (κ3) is 4.52. The van der Waals surface area contributed by atoms with Crippen LogP contribution in [0.2, 0.25) is 5.02 Å². The fourth-order valence-corrected chi connectivity index (χ4v) is 4.58. The van der Waals surface area contributed by atoms with Crippen LogP contribution in [0.15, 0.2) is 22.7 Å². The van der Waals surface area contributed by atoms with Crippen molar-refractivity contribution in [3.63, 3.8) is 0 Å². The van der Waals surface area contributed by atoms with Crippen molar-refractivity contribution in [1.82, 2.24) is 0 Å². The molecule has 0 saturated heterocycles. The molecule has 0 bridgehead atoms. The maximum absolute atomic E-state index is 6.29. The second kappa shape index (κ2) is 7.52. The van der Waals surface area contributed by atoms with Crippen molar-refractivity contribution in [2.75, 3.05) is 10.7 Å². The lowest BCUT2D eigenvalue weighted by Gasteiger charge is -2.30. The molecule has 0 amide bonds. The van der Waals surface area contributed by atoms with E-state index in [9.17, 15) is 0 Å². The zero-order valence-corrected chi connectivity index (χ0v) is 15.3. The van der Waals surface area contributed by atoms with E-state index in [1.807, 2.05) is 6.07 Å². The van der Waals surface area contributed by atoms with Crippen LogP contribution in [-0.4, -0.2) is 10.7 Å². The Morgan fingerprint density at radius 2 is 1.88 bits per heavy atom. The number of rotatable bonds is 6. The highest BCUT2D eigenvalue weighted by atomic mass is 79.9. The maximum Gasteiger partial charge on any atom is 0.0449 e. The van der Waals surface area contributed by atoms with Crippen molar-refractivity contribution in [2.24, 2.45) is 5.41 Å². The summed E-state index contributed by atoms with van der Waals surface area (Å²) in [6.07, 6.45) is 3.38. The van der Waals surface area contributed by atoms with Gasteiger partial charge in [-0.05, 0) is 36.0 Å². The normalized spacial score (nSPS) is 11.8. The molecule has 0 aliphatic heterocycles. The summed E-state index contributed by atoms with van der Waals surface area (Å²) in [6, 6.07) is 6.14. The van der Waals surface area contributed by atoms with Gasteiger partial charge in [-0.1, -0.05) is 78.8 Å². The van der Waals surface area contributed by atoms with Crippen LogP contribution in [0.5, 0.6) is 0 Å². The first-order valence-corrected chi connectivity index (χ1v) is 9.04. The van der Waals surface area contributed by atoms with Crippen molar-refractivity contribution in [1.29, 1.82) is 0 Å². The molecule has 0 heterocycles. The van der Waals surface area contributed by atoms with Gasteiger partial charge in [-0.2, -0.15) is 0 Å². The lowest BCUT2D eigenvalue weighted by Crippen LogP contribution is -2.27. The van der Waals surface area contributed by atoms with Gasteiger partial charge in [0.15, 0.2) is 0 Å². The minimum atomic E-state index is 0.256. The highest BCUT2D eigenvalue weighted by Crippen LogP contribution is 2.35. The average molecular weight is 447 g/mol. The van der Waals surface area contributed by atoms with Crippen LogP contribution in [0.3, 0.4) is 0 Å². The summed E-state index contributed by atoms with van der Waals surface area (Å²) in [6.45, 7) is 2.23. The molecule has 0 nitrogen and oxygen atoms in total. The highest BCUT2D eigenvalue weighted by Gasteiger charge is 2.28. The van der Waals surface area contributed by atoms with E-state index >= 15 is 0 Å². The minimum Gasteiger partial charge on any atom is -0.0922 e. The van der Waals surface area contributed by atoms with Crippen LogP contribution >= 0.6 is 59.4 Å². The Kier molecular flexibility index (Phi) is 7.08. The van der Waals surface area contributed by atoms with Gasteiger partial charge in [0.05, 0.1) is 0 Å². The van der Waals surface area contributed by atoms with E-state index in [-0.39, 0.29) is 5.41 Å². The summed E-state index contributed by atoms with van der Waals surface area (Å²) in [5.74, 6) is 0. The summed E-state index contributed by atoms with van der Waals surface area (Å²) in [4.78, 5) is 0. The van der Waals surface area contributed by atoms with Crippen molar-refractivity contribution < 1.29 is 0 Å². The Labute approximate surface area is 134 Å². The highest BCUT2D eigenvalue weighted by molar-refractivity contribution is 9.10. The number of hydrogen-bond donors (Lipinski definition) is 0. The zero-order chi connectivity index (χ0) is 12.9. The lowest BCUT2D eigenvalue weighted by atomic mass is 9.81. The third-order valence-electron chi connectivity index (χ3n) is 2.93. The summed E-state index contributed by atoms with van der Waals surface area (Å²) in [5, 5.41) is 2.83. The standard InChI is InChI=1S/C13H16Br3Cl/c1-2-5-13(8-14,9-15)7-10-3-4-11(16)6-12(10)17/h3-4,6H,2,5,7-9H2,1H3. The molecule has 0 spiro atoms. The molecule has 4 heteroatoms. The van der Waals surface area contributed by atoms with Gasteiger partial charge in [0.1, 0.15) is 0 Å². The van der Waals surface area contributed by atoms with Gasteiger partial charge >= 0.3 is 0 Å². The SMILES string of the molecule is CCCC(CBr)(CBr)Cc1ccc(Br)cc1Cl. The maximum atomic E-state index is 6.29. The van der Waals surface area contributed by atoms with E-state index < -0.39 is 0 Å². The van der Waals surface area contributed by atoms with Gasteiger partial charge in [0.2, 0.25) is 0 Å². The van der Waals surface area contributed by atoms with Gasteiger partial charge in [-0.25, -0.2) is 0 Å². The first-order valence-electron chi connectivity index (χ1n) is 5.63. The molecule has 0 radical (unpaired) electrons. The Morgan fingerprint density at radius 3 is 2.35 bits per heavy atom. The van der Waals surface area contributed by atoms with Gasteiger partial charge < -0.3 is 0 Å². The monoisotopic (exact) mass is 444 g/mol. The van der Waals surface area contributed by atoms with E-state index in [0.717, 1.165) is 26.6 Å². The molecule has 0 aliphatic carbocycles. The zero-order valence-electron chi connectivity index (χ0n) is 9.78. The number of halogens is 4. The molecule has 0 aliphatic rings. The molecule has 0 N–H and O–H groups in total. The van der Waals surface area contributed by atoms with E-state index in [2.05, 4.69) is 66.8 Å². The Hall–Kier alpha value is 0.950. The van der Waals surface area contributed by atoms with Gasteiger partial charge in [0.25, 0.3) is 0 Å². The van der Waals surface area contributed by atoms with Crippen LogP contribution in [0.25, 0.3) is 0 Å². The summed E-state index contributed by atoms with van der Waals surface area (Å²) in [5.41, 5.74) is 1.48. The van der Waals surface area contributed by atoms with Crippen LogP contribution in [0, 0.1) is 5.41 Å². The lowest BCUT2D eigenvalue weighted by molar-refractivity contribution is 0.352. The van der Waals surface area contributed by atoms with E-state index in [1.54, 1.807) is 0 Å². The molecule has 1 aromatic rings. The minimum absolute atomic E-state index is 0.256. The van der Waals surface area contributed by atoms with E-state index in [1.165, 1.54) is 18.4 Å². The molecule has 0 aromatic heterocycles. The van der Waals surface area contributed by atoms with Crippen LogP contribution < -0.4 is 0 Å². The summed E-state index contributed by atoms with van der Waals surface area (Å²) >= 11 is 17.0. The predicted octanol–water partition coefficient (Wildman–Crippen LogP) is 6.22. The first kappa shape index (κ1) is 16.0. The fourth-order valence-electron chi connectivity index (χ4n) is 1.95. The molecular formula is C13H16Br3Cl. The van der Waals surface area contributed by atoms with Gasteiger partial charge in [-0.3, -0.25) is 0 Å². The number of hydrogen-bond acceptors (Lipinski definition) is 0. The molecule has 0 unspecified atom stereocenters. The van der Waals surface area contributed by atoms with Crippen molar-refractivity contribution in [3.05, 3.63) is 33.3 Å². The second-order valence-electron chi connectivity index (χ2n) is 4.43.